The maximum Gasteiger partial charge on any atom is 0.163 e. The molecular weight excluding hydrogens is 480 g/mol. The lowest BCUT2D eigenvalue weighted by Crippen LogP contribution is -2.21. The number of halogens is 1. The van der Waals surface area contributed by atoms with Crippen LogP contribution in [0.25, 0.3) is 5.57 Å². The summed E-state index contributed by atoms with van der Waals surface area (Å²) in [4.78, 5) is 12.8. The summed E-state index contributed by atoms with van der Waals surface area (Å²) in [6.07, 6.45) is 12.3. The minimum Gasteiger partial charge on any atom is -0.507 e. The molecule has 3 rings (SSSR count). The molecule has 1 fully saturated rings. The second-order valence-corrected chi connectivity index (χ2v) is 10.5. The Morgan fingerprint density at radius 1 is 1.14 bits per heavy atom. The lowest BCUT2D eigenvalue weighted by atomic mass is 9.94. The van der Waals surface area contributed by atoms with Gasteiger partial charge in [-0.05, 0) is 87.4 Å². The van der Waals surface area contributed by atoms with E-state index >= 15 is 0 Å². The first-order valence-corrected chi connectivity index (χ1v) is 13.6. The Morgan fingerprint density at radius 2 is 1.81 bits per heavy atom. The standard InChI is InChI=1S/C33H39ClO3/c1-6-31(35)29(33-30(34)12-9-13-32(33)36)21-27(22(2)3)17-14-23(4)20-25-15-18-28(19-16-25)37-24(5)26-10-7-8-11-26/h9,12-19,21,24,26,36H,2,6-8,10-11,20H2,1,3-5H3/b23-14+,27-17-,29-21+. The number of carbonyl (C=O) groups is 1. The van der Waals surface area contributed by atoms with Crippen LogP contribution in [0.4, 0.5) is 0 Å². The van der Waals surface area contributed by atoms with E-state index in [1.165, 1.54) is 42.9 Å². The van der Waals surface area contributed by atoms with Crippen LogP contribution in [0.2, 0.25) is 5.02 Å². The van der Waals surface area contributed by atoms with E-state index in [0.717, 1.165) is 23.3 Å². The number of aromatic hydroxyl groups is 1. The van der Waals surface area contributed by atoms with E-state index < -0.39 is 0 Å². The third-order valence-electron chi connectivity index (χ3n) is 7.01. The zero-order chi connectivity index (χ0) is 26.9. The molecule has 0 aliphatic heterocycles. The van der Waals surface area contributed by atoms with Gasteiger partial charge in [-0.2, -0.15) is 0 Å². The number of benzene rings is 2. The van der Waals surface area contributed by atoms with Crippen LogP contribution in [-0.4, -0.2) is 17.0 Å². The molecule has 2 aromatic rings. The van der Waals surface area contributed by atoms with Crippen molar-refractivity contribution in [2.45, 2.75) is 72.3 Å². The highest BCUT2D eigenvalue weighted by molar-refractivity contribution is 6.35. The molecule has 0 bridgehead atoms. The van der Waals surface area contributed by atoms with E-state index in [1.54, 1.807) is 25.1 Å². The molecule has 1 aliphatic carbocycles. The number of hydrogen-bond donors (Lipinski definition) is 1. The summed E-state index contributed by atoms with van der Waals surface area (Å²) in [5.74, 6) is 1.48. The molecule has 0 aromatic heterocycles. The third kappa shape index (κ3) is 7.97. The maximum absolute atomic E-state index is 12.8. The van der Waals surface area contributed by atoms with Gasteiger partial charge in [0.1, 0.15) is 11.5 Å². The molecular formula is C33H39ClO3. The van der Waals surface area contributed by atoms with Crippen molar-refractivity contribution in [1.82, 2.24) is 0 Å². The summed E-state index contributed by atoms with van der Waals surface area (Å²) in [6.45, 7) is 12.1. The van der Waals surface area contributed by atoms with E-state index in [9.17, 15) is 9.90 Å². The summed E-state index contributed by atoms with van der Waals surface area (Å²) < 4.78 is 6.19. The van der Waals surface area contributed by atoms with Gasteiger partial charge in [0.2, 0.25) is 0 Å². The quantitative estimate of drug-likeness (QED) is 0.238. The van der Waals surface area contributed by atoms with Gasteiger partial charge < -0.3 is 9.84 Å². The summed E-state index contributed by atoms with van der Waals surface area (Å²) in [5, 5.41) is 10.8. The van der Waals surface area contributed by atoms with Crippen LogP contribution < -0.4 is 4.74 Å². The topological polar surface area (TPSA) is 46.5 Å². The van der Waals surface area contributed by atoms with Crippen LogP contribution in [0.3, 0.4) is 0 Å². The molecule has 0 amide bonds. The number of hydrogen-bond acceptors (Lipinski definition) is 3. The molecule has 1 atom stereocenters. The molecule has 3 nitrogen and oxygen atoms in total. The van der Waals surface area contributed by atoms with Crippen LogP contribution in [0.5, 0.6) is 11.5 Å². The van der Waals surface area contributed by atoms with Crippen LogP contribution in [0.1, 0.15) is 70.9 Å². The van der Waals surface area contributed by atoms with Gasteiger partial charge >= 0.3 is 0 Å². The van der Waals surface area contributed by atoms with Crippen molar-refractivity contribution in [2.24, 2.45) is 5.92 Å². The fourth-order valence-corrected chi connectivity index (χ4v) is 5.04. The van der Waals surface area contributed by atoms with Crippen molar-refractivity contribution in [3.63, 3.8) is 0 Å². The minimum atomic E-state index is -0.0965. The molecule has 1 N–H and O–H groups in total. The number of allylic oxidation sites excluding steroid dienone is 7. The van der Waals surface area contributed by atoms with E-state index in [2.05, 4.69) is 44.7 Å². The summed E-state index contributed by atoms with van der Waals surface area (Å²) in [6, 6.07) is 13.2. The number of phenols is 1. The Bertz CT molecular complexity index is 1170. The number of carbonyl (C=O) groups excluding carboxylic acids is 1. The number of phenolic OH excluding ortho intramolecular Hbond substituents is 1. The lowest BCUT2D eigenvalue weighted by molar-refractivity contribution is -0.113. The molecule has 37 heavy (non-hydrogen) atoms. The summed E-state index contributed by atoms with van der Waals surface area (Å²) in [5.41, 5.74) is 4.74. The van der Waals surface area contributed by atoms with Crippen molar-refractivity contribution in [1.29, 1.82) is 0 Å². The minimum absolute atomic E-state index is 0.0154. The van der Waals surface area contributed by atoms with Gasteiger partial charge in [-0.3, -0.25) is 4.79 Å². The van der Waals surface area contributed by atoms with Crippen LogP contribution in [0, 0.1) is 5.92 Å². The highest BCUT2D eigenvalue weighted by Crippen LogP contribution is 2.35. The zero-order valence-electron chi connectivity index (χ0n) is 22.5. The van der Waals surface area contributed by atoms with E-state index in [-0.39, 0.29) is 17.6 Å². The van der Waals surface area contributed by atoms with Crippen molar-refractivity contribution < 1.29 is 14.6 Å². The van der Waals surface area contributed by atoms with Crippen molar-refractivity contribution >= 4 is 23.0 Å². The second kappa shape index (κ2) is 13.5. The number of Topliss-reactive ketones (excluding diaryl/α,β-unsaturated/α-hetero) is 1. The van der Waals surface area contributed by atoms with Crippen molar-refractivity contribution in [2.75, 3.05) is 0 Å². The normalized spacial score (nSPS) is 16.1. The lowest BCUT2D eigenvalue weighted by Gasteiger charge is -2.20. The molecule has 1 saturated carbocycles. The average Bonchev–Trinajstić information content (AvgIpc) is 3.41. The smallest absolute Gasteiger partial charge is 0.163 e. The van der Waals surface area contributed by atoms with Gasteiger partial charge in [0.05, 0.1) is 11.1 Å². The van der Waals surface area contributed by atoms with Crippen molar-refractivity contribution in [3.8, 4) is 11.5 Å². The number of ketones is 1. The fraction of sp³-hybridized carbons (Fsp3) is 0.364. The first-order valence-electron chi connectivity index (χ1n) is 13.2. The van der Waals surface area contributed by atoms with Crippen LogP contribution >= 0.6 is 11.6 Å². The monoisotopic (exact) mass is 518 g/mol. The molecule has 2 aromatic carbocycles. The van der Waals surface area contributed by atoms with Crippen LogP contribution in [-0.2, 0) is 11.2 Å². The first kappa shape index (κ1) is 28.5. The molecule has 196 valence electrons. The zero-order valence-corrected chi connectivity index (χ0v) is 23.3. The molecule has 1 unspecified atom stereocenters. The highest BCUT2D eigenvalue weighted by Gasteiger charge is 2.23. The number of ether oxygens (including phenoxy) is 1. The highest BCUT2D eigenvalue weighted by atomic mass is 35.5. The van der Waals surface area contributed by atoms with Crippen molar-refractivity contribution in [3.05, 3.63) is 100 Å². The van der Waals surface area contributed by atoms with Gasteiger partial charge in [-0.1, -0.05) is 79.4 Å². The fourth-order valence-electron chi connectivity index (χ4n) is 4.77. The summed E-state index contributed by atoms with van der Waals surface area (Å²) in [7, 11) is 0. The van der Waals surface area contributed by atoms with E-state index in [0.29, 0.717) is 28.5 Å². The predicted molar refractivity (Wildman–Crippen MR) is 155 cm³/mol. The van der Waals surface area contributed by atoms with E-state index in [1.807, 2.05) is 19.1 Å². The molecule has 1 aliphatic rings. The van der Waals surface area contributed by atoms with Gasteiger partial charge in [0.25, 0.3) is 0 Å². The maximum atomic E-state index is 12.8. The Morgan fingerprint density at radius 3 is 2.41 bits per heavy atom. The van der Waals surface area contributed by atoms with Gasteiger partial charge in [0.15, 0.2) is 5.78 Å². The second-order valence-electron chi connectivity index (χ2n) is 10.1. The molecule has 0 heterocycles. The number of rotatable bonds is 11. The van der Waals surface area contributed by atoms with Gasteiger partial charge in [0, 0.05) is 17.6 Å². The Labute approximate surface area is 227 Å². The van der Waals surface area contributed by atoms with E-state index in [4.69, 9.17) is 16.3 Å². The Balaban J connectivity index is 1.77. The third-order valence-corrected chi connectivity index (χ3v) is 7.33. The Hall–Kier alpha value is -3.04. The molecule has 0 radical (unpaired) electrons. The largest absolute Gasteiger partial charge is 0.507 e. The average molecular weight is 519 g/mol. The molecule has 4 heteroatoms. The van der Waals surface area contributed by atoms with Gasteiger partial charge in [-0.15, -0.1) is 0 Å². The molecule has 0 spiro atoms. The SMILES string of the molecule is C=C(C)C(=C\C=C(/C)Cc1ccc(OC(C)C2CCCC2)cc1)/C=C(\C(=O)CC)c1c(O)cccc1Cl. The summed E-state index contributed by atoms with van der Waals surface area (Å²) >= 11 is 6.36. The Kier molecular flexibility index (Phi) is 10.4. The molecule has 0 saturated heterocycles. The predicted octanol–water partition coefficient (Wildman–Crippen LogP) is 9.06. The van der Waals surface area contributed by atoms with Crippen LogP contribution in [0.15, 0.2) is 84.0 Å². The first-order chi connectivity index (χ1) is 17.7. The van der Waals surface area contributed by atoms with Gasteiger partial charge in [-0.25, -0.2) is 0 Å².